The molecule has 0 bridgehead atoms. The topological polar surface area (TPSA) is 79.0 Å². The van der Waals surface area contributed by atoms with E-state index in [-0.39, 0.29) is 19.0 Å². The molecule has 7 nitrogen and oxygen atoms in total. The minimum atomic E-state index is -4.51. The van der Waals surface area contributed by atoms with Crippen molar-refractivity contribution in [1.29, 1.82) is 0 Å². The number of alkyl halides is 3. The minimum Gasteiger partial charge on any atom is -0.464 e. The molecule has 2 aromatic heterocycles. The van der Waals surface area contributed by atoms with Gasteiger partial charge in [0.25, 0.3) is 0 Å². The van der Waals surface area contributed by atoms with Gasteiger partial charge in [0.05, 0.1) is 29.8 Å². The molecule has 3 heterocycles. The van der Waals surface area contributed by atoms with Gasteiger partial charge in [0.1, 0.15) is 11.9 Å². The van der Waals surface area contributed by atoms with E-state index in [1.807, 2.05) is 0 Å². The summed E-state index contributed by atoms with van der Waals surface area (Å²) in [6.45, 7) is 1.49. The number of halogens is 4. The molecule has 0 aromatic carbocycles. The maximum absolute atomic E-state index is 13.3. The summed E-state index contributed by atoms with van der Waals surface area (Å²) in [5.41, 5.74) is -0.225. The van der Waals surface area contributed by atoms with Gasteiger partial charge in [-0.3, -0.25) is 9.55 Å². The molecule has 3 rings (SSSR count). The van der Waals surface area contributed by atoms with Gasteiger partial charge in [-0.2, -0.15) is 18.3 Å². The van der Waals surface area contributed by atoms with Crippen molar-refractivity contribution in [1.82, 2.24) is 19.3 Å². The lowest BCUT2D eigenvalue weighted by Gasteiger charge is -2.29. The van der Waals surface area contributed by atoms with E-state index in [0.717, 1.165) is 9.25 Å². The lowest BCUT2D eigenvalue weighted by atomic mass is 9.91. The molecule has 1 aliphatic rings. The van der Waals surface area contributed by atoms with Gasteiger partial charge < -0.3 is 4.74 Å². The van der Waals surface area contributed by atoms with E-state index in [4.69, 9.17) is 16.3 Å². The highest BCUT2D eigenvalue weighted by Gasteiger charge is 2.47. The van der Waals surface area contributed by atoms with Crippen LogP contribution in [0.3, 0.4) is 0 Å². The summed E-state index contributed by atoms with van der Waals surface area (Å²) in [5.74, 6) is -2.75. The number of nitrogens with zero attached hydrogens (tertiary/aromatic N) is 4. The number of fused-ring (bicyclic) bond motifs is 1. The zero-order valence-corrected chi connectivity index (χ0v) is 15.0. The van der Waals surface area contributed by atoms with Crippen LogP contribution in [-0.2, 0) is 22.5 Å². The summed E-state index contributed by atoms with van der Waals surface area (Å²) in [6.07, 6.45) is -4.15. The van der Waals surface area contributed by atoms with Gasteiger partial charge in [-0.15, -0.1) is 0 Å². The van der Waals surface area contributed by atoms with Crippen LogP contribution in [0.2, 0.25) is 5.02 Å². The van der Waals surface area contributed by atoms with E-state index < -0.39 is 42.6 Å². The zero-order valence-electron chi connectivity index (χ0n) is 14.2. The predicted octanol–water partition coefficient (Wildman–Crippen LogP) is 2.37. The first-order chi connectivity index (χ1) is 12.7. The van der Waals surface area contributed by atoms with E-state index in [9.17, 15) is 22.8 Å². The number of pyridine rings is 1. The summed E-state index contributed by atoms with van der Waals surface area (Å²) in [4.78, 5) is 28.9. The molecule has 0 fully saturated rings. The maximum Gasteiger partial charge on any atom is 0.392 e. The second kappa shape index (κ2) is 7.34. The van der Waals surface area contributed by atoms with Crippen LogP contribution >= 0.6 is 11.6 Å². The van der Waals surface area contributed by atoms with E-state index >= 15 is 0 Å². The minimum absolute atomic E-state index is 0.00106. The second-order valence-corrected chi connectivity index (χ2v) is 6.58. The number of aromatic nitrogens is 4. The molecule has 0 spiro atoms. The third-order valence-corrected chi connectivity index (χ3v) is 4.54. The molecule has 2 aromatic rings. The number of rotatable bonds is 4. The van der Waals surface area contributed by atoms with Crippen LogP contribution in [0.15, 0.2) is 23.1 Å². The summed E-state index contributed by atoms with van der Waals surface area (Å²) < 4.78 is 46.6. The van der Waals surface area contributed by atoms with Crippen LogP contribution in [0.5, 0.6) is 0 Å². The monoisotopic (exact) mass is 404 g/mol. The fourth-order valence-electron chi connectivity index (χ4n) is 3.04. The van der Waals surface area contributed by atoms with Gasteiger partial charge >= 0.3 is 17.8 Å². The normalized spacial score (nSPS) is 19.6. The number of hydrogen-bond acceptors (Lipinski definition) is 5. The molecule has 0 saturated carbocycles. The molecular weight excluding hydrogens is 389 g/mol. The van der Waals surface area contributed by atoms with Gasteiger partial charge in [0.15, 0.2) is 0 Å². The van der Waals surface area contributed by atoms with Gasteiger partial charge in [-0.25, -0.2) is 14.3 Å². The Kier molecular flexibility index (Phi) is 5.27. The van der Waals surface area contributed by atoms with Crippen molar-refractivity contribution < 1.29 is 22.7 Å². The fraction of sp³-hybridized carbons (Fsp3) is 0.500. The Bertz CT molecular complexity index is 892. The number of ether oxygens (including phenoxy) is 1. The van der Waals surface area contributed by atoms with Gasteiger partial charge in [-0.05, 0) is 25.5 Å². The lowest BCUT2D eigenvalue weighted by Crippen LogP contribution is -2.41. The van der Waals surface area contributed by atoms with Gasteiger partial charge in [0.2, 0.25) is 0 Å². The molecule has 0 N–H and O–H groups in total. The maximum atomic E-state index is 13.3. The van der Waals surface area contributed by atoms with Crippen molar-refractivity contribution in [3.63, 3.8) is 0 Å². The summed E-state index contributed by atoms with van der Waals surface area (Å²) in [7, 11) is 0. The molecule has 1 aliphatic heterocycles. The Morgan fingerprint density at radius 2 is 2.15 bits per heavy atom. The molecule has 2 atom stereocenters. The molecule has 0 radical (unpaired) electrons. The summed E-state index contributed by atoms with van der Waals surface area (Å²) in [5, 5.41) is 4.42. The third-order valence-electron chi connectivity index (χ3n) is 4.31. The van der Waals surface area contributed by atoms with Crippen molar-refractivity contribution in [3.05, 3.63) is 45.4 Å². The Morgan fingerprint density at radius 3 is 2.74 bits per heavy atom. The summed E-state index contributed by atoms with van der Waals surface area (Å²) in [6, 6.07) is 1.79. The predicted molar refractivity (Wildman–Crippen MR) is 88.4 cm³/mol. The molecular formula is C16H16ClF3N4O3. The highest BCUT2D eigenvalue weighted by molar-refractivity contribution is 6.30. The molecule has 11 heteroatoms. The third kappa shape index (κ3) is 4.00. The zero-order chi connectivity index (χ0) is 19.8. The first-order valence-corrected chi connectivity index (χ1v) is 8.60. The summed E-state index contributed by atoms with van der Waals surface area (Å²) >= 11 is 5.76. The number of hydrogen-bond donors (Lipinski definition) is 0. The highest BCUT2D eigenvalue weighted by atomic mass is 35.5. The largest absolute Gasteiger partial charge is 0.464 e. The number of esters is 1. The first-order valence-electron chi connectivity index (χ1n) is 8.22. The molecule has 0 amide bonds. The van der Waals surface area contributed by atoms with Crippen LogP contribution in [0, 0.1) is 5.92 Å². The average Bonchev–Trinajstić information content (AvgIpc) is 2.91. The average molecular weight is 405 g/mol. The van der Waals surface area contributed by atoms with Crippen molar-refractivity contribution in [3.8, 4) is 0 Å². The first kappa shape index (κ1) is 19.4. The van der Waals surface area contributed by atoms with Crippen molar-refractivity contribution in [2.24, 2.45) is 5.92 Å². The van der Waals surface area contributed by atoms with E-state index in [0.29, 0.717) is 10.7 Å². The van der Waals surface area contributed by atoms with E-state index in [2.05, 4.69) is 10.1 Å². The molecule has 146 valence electrons. The van der Waals surface area contributed by atoms with Crippen LogP contribution in [0.25, 0.3) is 0 Å². The smallest absolute Gasteiger partial charge is 0.392 e. The van der Waals surface area contributed by atoms with Crippen LogP contribution in [-0.4, -0.2) is 38.1 Å². The van der Waals surface area contributed by atoms with Crippen molar-refractivity contribution in [2.75, 3.05) is 6.61 Å². The number of carbonyl (C=O) groups is 1. The van der Waals surface area contributed by atoms with E-state index in [1.165, 1.54) is 6.20 Å². The Hall–Kier alpha value is -2.36. The second-order valence-electron chi connectivity index (χ2n) is 6.14. The van der Waals surface area contributed by atoms with Crippen molar-refractivity contribution >= 4 is 17.6 Å². The van der Waals surface area contributed by atoms with Gasteiger partial charge in [0, 0.05) is 12.6 Å². The lowest BCUT2D eigenvalue weighted by molar-refractivity contribution is -0.184. The molecule has 0 saturated heterocycles. The van der Waals surface area contributed by atoms with Crippen LogP contribution in [0.1, 0.15) is 30.9 Å². The molecule has 27 heavy (non-hydrogen) atoms. The van der Waals surface area contributed by atoms with Gasteiger partial charge in [-0.1, -0.05) is 11.6 Å². The Balaban J connectivity index is 1.99. The van der Waals surface area contributed by atoms with Crippen LogP contribution < -0.4 is 5.69 Å². The van der Waals surface area contributed by atoms with Crippen molar-refractivity contribution in [2.45, 2.75) is 38.5 Å². The van der Waals surface area contributed by atoms with Crippen LogP contribution in [0.4, 0.5) is 13.2 Å². The molecule has 0 aliphatic carbocycles. The SMILES string of the molecule is CCOC(=O)C1CC(C(F)(F)F)Cc2nn(Cc3ccc(Cl)cn3)c(=O)n21. The number of carbonyl (C=O) groups excluding carboxylic acids is 1. The van der Waals surface area contributed by atoms with E-state index in [1.54, 1.807) is 19.1 Å². The quantitative estimate of drug-likeness (QED) is 0.731. The highest BCUT2D eigenvalue weighted by Crippen LogP contribution is 2.38. The molecule has 2 unspecified atom stereocenters. The standard InChI is InChI=1S/C16H16ClF3N4O3/c1-2-27-14(25)12-5-9(16(18,19)20)6-13-22-23(15(26)24(12)13)8-11-4-3-10(17)7-21-11/h3-4,7,9,12H,2,5-6,8H2,1H3. The Morgan fingerprint density at radius 1 is 1.41 bits per heavy atom. The fourth-order valence-corrected chi connectivity index (χ4v) is 3.15. The Labute approximate surface area is 156 Å².